The summed E-state index contributed by atoms with van der Waals surface area (Å²) in [5.74, 6) is 1.02. The zero-order valence-electron chi connectivity index (χ0n) is 10.6. The number of hydrogen-bond donors (Lipinski definition) is 1. The second-order valence-corrected chi connectivity index (χ2v) is 4.35. The Bertz CT molecular complexity index is 510. The van der Waals surface area contributed by atoms with E-state index in [2.05, 4.69) is 15.1 Å². The van der Waals surface area contributed by atoms with Crippen LogP contribution < -0.4 is 0 Å². The van der Waals surface area contributed by atoms with Gasteiger partial charge in [0.05, 0.1) is 12.5 Å². The molecule has 0 aliphatic carbocycles. The van der Waals surface area contributed by atoms with Crippen LogP contribution in [0.4, 0.5) is 0 Å². The quantitative estimate of drug-likeness (QED) is 0.876. The fraction of sp³-hybridized carbons (Fsp3) is 0.462. The summed E-state index contributed by atoms with van der Waals surface area (Å²) in [5, 5.41) is 13.6. The molecule has 0 bridgehead atoms. The number of rotatable bonds is 5. The molecule has 1 unspecified atom stereocenters. The van der Waals surface area contributed by atoms with E-state index in [1.807, 2.05) is 19.9 Å². The SMILES string of the molecule is CCCC(O)Cc1nc(-c2ccncc2C)no1. The molecule has 5 heteroatoms. The van der Waals surface area contributed by atoms with Crippen molar-refractivity contribution in [1.29, 1.82) is 0 Å². The summed E-state index contributed by atoms with van der Waals surface area (Å²) < 4.78 is 5.15. The third-order valence-corrected chi connectivity index (χ3v) is 2.76. The van der Waals surface area contributed by atoms with E-state index in [0.29, 0.717) is 18.1 Å². The summed E-state index contributed by atoms with van der Waals surface area (Å²) in [4.78, 5) is 8.32. The maximum absolute atomic E-state index is 9.70. The Labute approximate surface area is 106 Å². The topological polar surface area (TPSA) is 72.0 Å². The molecule has 0 spiro atoms. The number of hydrogen-bond acceptors (Lipinski definition) is 5. The highest BCUT2D eigenvalue weighted by Crippen LogP contribution is 2.19. The molecule has 0 amide bonds. The van der Waals surface area contributed by atoms with Gasteiger partial charge in [-0.3, -0.25) is 4.98 Å². The van der Waals surface area contributed by atoms with E-state index in [1.54, 1.807) is 12.4 Å². The van der Waals surface area contributed by atoms with Gasteiger partial charge in [-0.15, -0.1) is 0 Å². The van der Waals surface area contributed by atoms with Crippen molar-refractivity contribution in [2.45, 2.75) is 39.2 Å². The van der Waals surface area contributed by atoms with E-state index < -0.39 is 6.10 Å². The van der Waals surface area contributed by atoms with E-state index in [-0.39, 0.29) is 0 Å². The van der Waals surface area contributed by atoms with E-state index >= 15 is 0 Å². The molecule has 0 aliphatic heterocycles. The molecule has 96 valence electrons. The summed E-state index contributed by atoms with van der Waals surface area (Å²) in [6.45, 7) is 3.98. The number of aryl methyl sites for hydroxylation is 1. The third kappa shape index (κ3) is 2.92. The summed E-state index contributed by atoms with van der Waals surface area (Å²) in [7, 11) is 0. The molecule has 0 fully saturated rings. The standard InChI is InChI=1S/C13H17N3O2/c1-3-4-10(17)7-12-15-13(16-18-12)11-5-6-14-8-9(11)2/h5-6,8,10,17H,3-4,7H2,1-2H3. The first kappa shape index (κ1) is 12.7. The summed E-state index contributed by atoms with van der Waals surface area (Å²) in [5.41, 5.74) is 1.91. The fourth-order valence-corrected chi connectivity index (χ4v) is 1.81. The largest absolute Gasteiger partial charge is 0.393 e. The molecular weight excluding hydrogens is 230 g/mol. The van der Waals surface area contributed by atoms with Gasteiger partial charge in [0.1, 0.15) is 0 Å². The van der Waals surface area contributed by atoms with Gasteiger partial charge in [-0.25, -0.2) is 0 Å². The first-order valence-electron chi connectivity index (χ1n) is 6.12. The van der Waals surface area contributed by atoms with Crippen molar-refractivity contribution in [1.82, 2.24) is 15.1 Å². The van der Waals surface area contributed by atoms with Gasteiger partial charge in [-0.1, -0.05) is 18.5 Å². The first-order valence-corrected chi connectivity index (χ1v) is 6.12. The zero-order chi connectivity index (χ0) is 13.0. The van der Waals surface area contributed by atoms with Crippen LogP contribution in [-0.4, -0.2) is 26.3 Å². The number of aliphatic hydroxyl groups excluding tert-OH is 1. The van der Waals surface area contributed by atoms with E-state index in [0.717, 1.165) is 24.0 Å². The lowest BCUT2D eigenvalue weighted by molar-refractivity contribution is 0.152. The average Bonchev–Trinajstić information content (AvgIpc) is 2.78. The molecule has 0 saturated heterocycles. The Balaban J connectivity index is 2.13. The van der Waals surface area contributed by atoms with Crippen LogP contribution in [0.3, 0.4) is 0 Å². The van der Waals surface area contributed by atoms with Gasteiger partial charge in [-0.2, -0.15) is 4.98 Å². The van der Waals surface area contributed by atoms with E-state index in [4.69, 9.17) is 4.52 Å². The lowest BCUT2D eigenvalue weighted by atomic mass is 10.1. The van der Waals surface area contributed by atoms with E-state index in [1.165, 1.54) is 0 Å². The van der Waals surface area contributed by atoms with Crippen LogP contribution in [-0.2, 0) is 6.42 Å². The molecular formula is C13H17N3O2. The molecule has 2 aromatic heterocycles. The summed E-state index contributed by atoms with van der Waals surface area (Å²) in [6.07, 6.45) is 5.13. The minimum atomic E-state index is -0.415. The second kappa shape index (κ2) is 5.73. The molecule has 1 atom stereocenters. The van der Waals surface area contributed by atoms with Crippen molar-refractivity contribution >= 4 is 0 Å². The maximum atomic E-state index is 9.70. The highest BCUT2D eigenvalue weighted by molar-refractivity contribution is 5.57. The highest BCUT2D eigenvalue weighted by Gasteiger charge is 2.13. The Hall–Kier alpha value is -1.75. The Kier molecular flexibility index (Phi) is 4.04. The lowest BCUT2D eigenvalue weighted by Crippen LogP contribution is -2.09. The van der Waals surface area contributed by atoms with Crippen LogP contribution in [0.25, 0.3) is 11.4 Å². The Morgan fingerprint density at radius 1 is 1.44 bits per heavy atom. The minimum absolute atomic E-state index is 0.408. The number of pyridine rings is 1. The van der Waals surface area contributed by atoms with E-state index in [9.17, 15) is 5.11 Å². The van der Waals surface area contributed by atoms with Gasteiger partial charge in [0.2, 0.25) is 11.7 Å². The fourth-order valence-electron chi connectivity index (χ4n) is 1.81. The van der Waals surface area contributed by atoms with Crippen LogP contribution in [0, 0.1) is 6.92 Å². The average molecular weight is 247 g/mol. The first-order chi connectivity index (χ1) is 8.70. The molecule has 2 heterocycles. The summed E-state index contributed by atoms with van der Waals surface area (Å²) >= 11 is 0. The molecule has 2 aromatic rings. The predicted octanol–water partition coefficient (Wildman–Crippen LogP) is 2.14. The molecule has 1 N–H and O–H groups in total. The van der Waals surface area contributed by atoms with Crippen LogP contribution >= 0.6 is 0 Å². The molecule has 5 nitrogen and oxygen atoms in total. The predicted molar refractivity (Wildman–Crippen MR) is 66.9 cm³/mol. The van der Waals surface area contributed by atoms with Crippen LogP contribution in [0.5, 0.6) is 0 Å². The van der Waals surface area contributed by atoms with Crippen LogP contribution in [0.1, 0.15) is 31.2 Å². The molecule has 0 aliphatic rings. The van der Waals surface area contributed by atoms with Crippen molar-refractivity contribution in [2.75, 3.05) is 0 Å². The van der Waals surface area contributed by atoms with Crippen LogP contribution in [0.2, 0.25) is 0 Å². The number of aliphatic hydroxyl groups is 1. The summed E-state index contributed by atoms with van der Waals surface area (Å²) in [6, 6.07) is 1.85. The molecule has 0 saturated carbocycles. The monoisotopic (exact) mass is 247 g/mol. The Morgan fingerprint density at radius 3 is 3.00 bits per heavy atom. The minimum Gasteiger partial charge on any atom is -0.393 e. The van der Waals surface area contributed by atoms with Crippen molar-refractivity contribution in [3.63, 3.8) is 0 Å². The van der Waals surface area contributed by atoms with Crippen LogP contribution in [0.15, 0.2) is 23.0 Å². The van der Waals surface area contributed by atoms with Crippen molar-refractivity contribution < 1.29 is 9.63 Å². The van der Waals surface area contributed by atoms with Crippen molar-refractivity contribution in [3.8, 4) is 11.4 Å². The number of aromatic nitrogens is 3. The second-order valence-electron chi connectivity index (χ2n) is 4.35. The highest BCUT2D eigenvalue weighted by atomic mass is 16.5. The van der Waals surface area contributed by atoms with Gasteiger partial charge in [0, 0.05) is 18.0 Å². The van der Waals surface area contributed by atoms with Crippen molar-refractivity contribution in [2.24, 2.45) is 0 Å². The molecule has 0 radical (unpaired) electrons. The third-order valence-electron chi connectivity index (χ3n) is 2.76. The van der Waals surface area contributed by atoms with Gasteiger partial charge in [0.15, 0.2) is 0 Å². The number of nitrogens with zero attached hydrogens (tertiary/aromatic N) is 3. The van der Waals surface area contributed by atoms with Gasteiger partial charge in [0.25, 0.3) is 0 Å². The molecule has 18 heavy (non-hydrogen) atoms. The molecule has 0 aromatic carbocycles. The molecule has 2 rings (SSSR count). The Morgan fingerprint density at radius 2 is 2.28 bits per heavy atom. The van der Waals surface area contributed by atoms with Gasteiger partial charge >= 0.3 is 0 Å². The maximum Gasteiger partial charge on any atom is 0.229 e. The van der Waals surface area contributed by atoms with Crippen molar-refractivity contribution in [3.05, 3.63) is 29.9 Å². The van der Waals surface area contributed by atoms with Gasteiger partial charge < -0.3 is 9.63 Å². The lowest BCUT2D eigenvalue weighted by Gasteiger charge is -2.04. The smallest absolute Gasteiger partial charge is 0.229 e. The zero-order valence-corrected chi connectivity index (χ0v) is 10.6. The normalized spacial score (nSPS) is 12.6. The van der Waals surface area contributed by atoms with Gasteiger partial charge in [-0.05, 0) is 25.0 Å².